The van der Waals surface area contributed by atoms with Crippen LogP contribution < -0.4 is 0 Å². The lowest BCUT2D eigenvalue weighted by atomic mass is 9.82. The van der Waals surface area contributed by atoms with Crippen LogP contribution in [0, 0.1) is 11.8 Å². The number of esters is 1. The van der Waals surface area contributed by atoms with Gasteiger partial charge in [0.2, 0.25) is 6.29 Å². The molecule has 0 radical (unpaired) electrons. The fraction of sp³-hybridized carbons (Fsp3) is 0.550. The highest BCUT2D eigenvalue weighted by Gasteiger charge is 2.28. The number of halogens is 1. The molecule has 1 saturated carbocycles. The summed E-state index contributed by atoms with van der Waals surface area (Å²) in [5.41, 5.74) is 1.02. The van der Waals surface area contributed by atoms with E-state index < -0.39 is 12.4 Å². The van der Waals surface area contributed by atoms with Crippen LogP contribution in [-0.4, -0.2) is 37.8 Å². The molecule has 0 spiro atoms. The van der Waals surface area contributed by atoms with E-state index in [1.54, 1.807) is 6.92 Å². The predicted molar refractivity (Wildman–Crippen MR) is 103 cm³/mol. The van der Waals surface area contributed by atoms with Gasteiger partial charge in [-0.1, -0.05) is 23.7 Å². The number of nitrogens with zero attached hydrogens (tertiary/aromatic N) is 1. The lowest BCUT2D eigenvalue weighted by molar-refractivity contribution is -0.174. The van der Waals surface area contributed by atoms with Crippen LogP contribution in [0.3, 0.4) is 0 Å². The van der Waals surface area contributed by atoms with Gasteiger partial charge in [0.15, 0.2) is 0 Å². The van der Waals surface area contributed by atoms with Crippen molar-refractivity contribution in [1.29, 1.82) is 0 Å². The van der Waals surface area contributed by atoms with Gasteiger partial charge in [0.05, 0.1) is 12.5 Å². The number of rotatable bonds is 7. The van der Waals surface area contributed by atoms with Gasteiger partial charge >= 0.3 is 12.1 Å². The first-order valence-corrected chi connectivity index (χ1v) is 9.65. The molecule has 1 aromatic carbocycles. The monoisotopic (exact) mass is 395 g/mol. The van der Waals surface area contributed by atoms with E-state index in [2.05, 4.69) is 9.73 Å². The molecule has 27 heavy (non-hydrogen) atoms. The molecule has 2 rings (SSSR count). The first kappa shape index (κ1) is 21.2. The number of hydrogen-bond acceptors (Lipinski definition) is 6. The third-order valence-corrected chi connectivity index (χ3v) is 4.71. The minimum atomic E-state index is -0.946. The summed E-state index contributed by atoms with van der Waals surface area (Å²) in [5.74, 6) is -0.0181. The molecule has 1 unspecified atom stereocenters. The highest BCUT2D eigenvalue weighted by molar-refractivity contribution is 6.30. The van der Waals surface area contributed by atoms with Gasteiger partial charge in [-0.2, -0.15) is 0 Å². The van der Waals surface area contributed by atoms with Gasteiger partial charge in [-0.3, -0.25) is 9.79 Å². The summed E-state index contributed by atoms with van der Waals surface area (Å²) in [7, 11) is 0. The standard InChI is InChI=1S/C20H26ClNO5/c1-3-25-20(24)27-14(2)26-19(23)17-8-4-15(5-9-17)12-22-13-16-6-10-18(21)11-7-16/h6-7,10-11,13-15,17H,3-5,8-9,12H2,1-2H3. The molecule has 0 saturated heterocycles. The third kappa shape index (κ3) is 7.59. The molecule has 1 aliphatic carbocycles. The van der Waals surface area contributed by atoms with E-state index in [4.69, 9.17) is 21.1 Å². The molecule has 1 aromatic rings. The minimum Gasteiger partial charge on any atom is -0.435 e. The predicted octanol–water partition coefficient (Wildman–Crippen LogP) is 4.63. The molecule has 0 amide bonds. The normalized spacial score (nSPS) is 20.9. The van der Waals surface area contributed by atoms with Crippen LogP contribution >= 0.6 is 11.6 Å². The zero-order valence-electron chi connectivity index (χ0n) is 15.7. The second-order valence-electron chi connectivity index (χ2n) is 6.57. The summed E-state index contributed by atoms with van der Waals surface area (Å²) < 4.78 is 14.7. The second-order valence-corrected chi connectivity index (χ2v) is 7.01. The van der Waals surface area contributed by atoms with Crippen molar-refractivity contribution >= 4 is 29.9 Å². The van der Waals surface area contributed by atoms with Crippen molar-refractivity contribution in [2.45, 2.75) is 45.8 Å². The van der Waals surface area contributed by atoms with E-state index in [9.17, 15) is 9.59 Å². The highest BCUT2D eigenvalue weighted by Crippen LogP contribution is 2.30. The Morgan fingerprint density at radius 2 is 1.85 bits per heavy atom. The largest absolute Gasteiger partial charge is 0.511 e. The molecular formula is C20H26ClNO5. The molecular weight excluding hydrogens is 370 g/mol. The van der Waals surface area contributed by atoms with E-state index in [-0.39, 0.29) is 18.5 Å². The Balaban J connectivity index is 1.69. The Kier molecular flexibility index (Phi) is 8.58. The number of carbonyl (C=O) groups is 2. The fourth-order valence-electron chi connectivity index (χ4n) is 3.01. The highest BCUT2D eigenvalue weighted by atomic mass is 35.5. The zero-order chi connectivity index (χ0) is 19.6. The van der Waals surface area contributed by atoms with Crippen molar-refractivity contribution in [2.75, 3.05) is 13.2 Å². The minimum absolute atomic E-state index is 0.158. The van der Waals surface area contributed by atoms with Gasteiger partial charge in [0.1, 0.15) is 0 Å². The lowest BCUT2D eigenvalue weighted by Gasteiger charge is -2.27. The van der Waals surface area contributed by atoms with E-state index in [1.807, 2.05) is 30.5 Å². The van der Waals surface area contributed by atoms with Crippen LogP contribution in [0.1, 0.15) is 45.1 Å². The van der Waals surface area contributed by atoms with Crippen molar-refractivity contribution < 1.29 is 23.8 Å². The molecule has 148 valence electrons. The molecule has 0 N–H and O–H groups in total. The van der Waals surface area contributed by atoms with Crippen molar-refractivity contribution in [3.8, 4) is 0 Å². The van der Waals surface area contributed by atoms with Crippen LogP contribution in [0.15, 0.2) is 29.3 Å². The maximum atomic E-state index is 12.2. The summed E-state index contributed by atoms with van der Waals surface area (Å²) in [4.78, 5) is 27.9. The van der Waals surface area contributed by atoms with E-state index >= 15 is 0 Å². The first-order valence-electron chi connectivity index (χ1n) is 9.27. The second kappa shape index (κ2) is 10.9. The lowest BCUT2D eigenvalue weighted by Crippen LogP contribution is -2.29. The van der Waals surface area contributed by atoms with Crippen molar-refractivity contribution in [2.24, 2.45) is 16.8 Å². The molecule has 7 heteroatoms. The first-order chi connectivity index (χ1) is 13.0. The van der Waals surface area contributed by atoms with Gasteiger partial charge in [-0.05, 0) is 56.2 Å². The Morgan fingerprint density at radius 1 is 1.19 bits per heavy atom. The van der Waals surface area contributed by atoms with Gasteiger partial charge in [-0.25, -0.2) is 4.79 Å². The summed E-state index contributed by atoms with van der Waals surface area (Å²) in [6.45, 7) is 4.14. The van der Waals surface area contributed by atoms with E-state index in [0.717, 1.165) is 37.8 Å². The topological polar surface area (TPSA) is 74.2 Å². The maximum absolute atomic E-state index is 12.2. The molecule has 0 bridgehead atoms. The van der Waals surface area contributed by atoms with Crippen LogP contribution in [0.25, 0.3) is 0 Å². The Labute approximate surface area is 164 Å². The van der Waals surface area contributed by atoms with E-state index in [1.165, 1.54) is 6.92 Å². The molecule has 0 aromatic heterocycles. The fourth-order valence-corrected chi connectivity index (χ4v) is 3.13. The summed E-state index contributed by atoms with van der Waals surface area (Å²) >= 11 is 5.86. The maximum Gasteiger partial charge on any atom is 0.511 e. The zero-order valence-corrected chi connectivity index (χ0v) is 16.5. The summed E-state index contributed by atoms with van der Waals surface area (Å²) in [6, 6.07) is 7.54. The Morgan fingerprint density at radius 3 is 2.48 bits per heavy atom. The summed E-state index contributed by atoms with van der Waals surface area (Å²) in [6.07, 6.45) is 3.43. The SMILES string of the molecule is CCOC(=O)OC(C)OC(=O)C1CCC(CN=Cc2ccc(Cl)cc2)CC1. The van der Waals surface area contributed by atoms with Gasteiger partial charge in [0.25, 0.3) is 0 Å². The number of carbonyl (C=O) groups excluding carboxylic acids is 2. The number of benzene rings is 1. The van der Waals surface area contributed by atoms with Crippen molar-refractivity contribution in [1.82, 2.24) is 0 Å². The average Bonchev–Trinajstić information content (AvgIpc) is 2.64. The van der Waals surface area contributed by atoms with Crippen molar-refractivity contribution in [3.05, 3.63) is 34.9 Å². The molecule has 0 aliphatic heterocycles. The number of aliphatic imine (C=N–C) groups is 1. The smallest absolute Gasteiger partial charge is 0.435 e. The number of hydrogen-bond donors (Lipinski definition) is 0. The van der Waals surface area contributed by atoms with Gasteiger partial charge in [-0.15, -0.1) is 0 Å². The molecule has 0 heterocycles. The van der Waals surface area contributed by atoms with Gasteiger partial charge < -0.3 is 14.2 Å². The molecule has 1 fully saturated rings. The Bertz CT molecular complexity index is 638. The van der Waals surface area contributed by atoms with Crippen LogP contribution in [0.5, 0.6) is 0 Å². The molecule has 1 atom stereocenters. The van der Waals surface area contributed by atoms with E-state index in [0.29, 0.717) is 10.9 Å². The summed E-state index contributed by atoms with van der Waals surface area (Å²) in [5, 5.41) is 0.708. The van der Waals surface area contributed by atoms with Crippen LogP contribution in [-0.2, 0) is 19.0 Å². The molecule has 1 aliphatic rings. The molecule has 6 nitrogen and oxygen atoms in total. The quantitative estimate of drug-likeness (QED) is 0.382. The van der Waals surface area contributed by atoms with Crippen LogP contribution in [0.4, 0.5) is 4.79 Å². The number of ether oxygens (including phenoxy) is 3. The Hall–Kier alpha value is -2.08. The third-order valence-electron chi connectivity index (χ3n) is 4.46. The average molecular weight is 396 g/mol. The van der Waals surface area contributed by atoms with Crippen LogP contribution in [0.2, 0.25) is 5.02 Å². The van der Waals surface area contributed by atoms with Crippen molar-refractivity contribution in [3.63, 3.8) is 0 Å². The van der Waals surface area contributed by atoms with Gasteiger partial charge in [0, 0.05) is 24.7 Å².